The number of benzene rings is 1. The van der Waals surface area contributed by atoms with E-state index in [1.807, 2.05) is 23.1 Å². The zero-order chi connectivity index (χ0) is 17.6. The van der Waals surface area contributed by atoms with E-state index < -0.39 is 5.97 Å². The maximum absolute atomic E-state index is 12.4. The number of aromatic nitrogens is 1. The summed E-state index contributed by atoms with van der Waals surface area (Å²) in [4.78, 5) is 31.0. The molecule has 1 amide bonds. The molecule has 0 unspecified atom stereocenters. The van der Waals surface area contributed by atoms with Crippen LogP contribution in [-0.2, 0) is 4.79 Å². The van der Waals surface area contributed by atoms with Gasteiger partial charge >= 0.3 is 5.97 Å². The van der Waals surface area contributed by atoms with Gasteiger partial charge in [-0.05, 0) is 24.3 Å². The summed E-state index contributed by atoms with van der Waals surface area (Å²) in [5.74, 6) is -0.493. The first-order valence-corrected chi connectivity index (χ1v) is 8.02. The normalized spacial score (nSPS) is 14.2. The Labute approximate surface area is 145 Å². The molecule has 130 valence electrons. The van der Waals surface area contributed by atoms with Gasteiger partial charge in [0.25, 0.3) is 5.91 Å². The maximum Gasteiger partial charge on any atom is 0.341 e. The zero-order valence-electron chi connectivity index (χ0n) is 13.7. The highest BCUT2D eigenvalue weighted by atomic mass is 16.5. The Morgan fingerprint density at radius 3 is 2.60 bits per heavy atom. The number of nitrogens with zero attached hydrogens (tertiary/aromatic N) is 3. The van der Waals surface area contributed by atoms with Crippen molar-refractivity contribution in [2.75, 3.05) is 37.7 Å². The monoisotopic (exact) mass is 341 g/mol. The number of hydrogen-bond acceptors (Lipinski definition) is 5. The smallest absolute Gasteiger partial charge is 0.341 e. The minimum atomic E-state index is -1.01. The molecule has 1 saturated heterocycles. The third kappa shape index (κ3) is 4.26. The number of carbonyl (C=O) groups is 2. The third-order valence-electron chi connectivity index (χ3n) is 4.02. The first-order chi connectivity index (χ1) is 12.1. The molecule has 1 aliphatic rings. The average Bonchev–Trinajstić information content (AvgIpc) is 2.67. The van der Waals surface area contributed by atoms with Crippen molar-refractivity contribution in [3.05, 3.63) is 54.4 Å². The molecule has 25 heavy (non-hydrogen) atoms. The summed E-state index contributed by atoms with van der Waals surface area (Å²) >= 11 is 0. The van der Waals surface area contributed by atoms with Crippen molar-refractivity contribution >= 4 is 17.6 Å². The molecule has 1 N–H and O–H groups in total. The molecule has 0 aliphatic carbocycles. The molecule has 3 rings (SSSR count). The maximum atomic E-state index is 12.4. The van der Waals surface area contributed by atoms with Gasteiger partial charge in [-0.25, -0.2) is 4.79 Å². The summed E-state index contributed by atoms with van der Waals surface area (Å²) in [5, 5.41) is 8.69. The van der Waals surface area contributed by atoms with Crippen LogP contribution >= 0.6 is 0 Å². The lowest BCUT2D eigenvalue weighted by atomic mass is 10.2. The summed E-state index contributed by atoms with van der Waals surface area (Å²) in [6.07, 6.45) is 3.23. The Hall–Kier alpha value is -3.09. The molecule has 0 bridgehead atoms. The van der Waals surface area contributed by atoms with Crippen molar-refractivity contribution in [1.29, 1.82) is 0 Å². The number of aliphatic carboxylic acids is 1. The van der Waals surface area contributed by atoms with Gasteiger partial charge in [0, 0.05) is 50.3 Å². The standard InChI is InChI=1S/C18H19N3O4/c22-17(23)13-25-16-5-1-4-15(11-16)20-7-9-21(10-8-20)18(24)14-3-2-6-19-12-14/h1-6,11-12H,7-10,13H2,(H,22,23). The van der Waals surface area contributed by atoms with E-state index in [1.54, 1.807) is 30.6 Å². The molecule has 0 saturated carbocycles. The lowest BCUT2D eigenvalue weighted by Crippen LogP contribution is -2.48. The lowest BCUT2D eigenvalue weighted by Gasteiger charge is -2.36. The molecule has 1 aliphatic heterocycles. The number of rotatable bonds is 5. The Kier molecular flexibility index (Phi) is 5.13. The molecule has 2 aromatic rings. The Bertz CT molecular complexity index is 743. The van der Waals surface area contributed by atoms with E-state index in [9.17, 15) is 9.59 Å². The minimum Gasteiger partial charge on any atom is -0.482 e. The number of amides is 1. The largest absolute Gasteiger partial charge is 0.482 e. The lowest BCUT2D eigenvalue weighted by molar-refractivity contribution is -0.139. The van der Waals surface area contributed by atoms with Crippen molar-refractivity contribution in [1.82, 2.24) is 9.88 Å². The second-order valence-electron chi connectivity index (χ2n) is 5.70. The summed E-state index contributed by atoms with van der Waals surface area (Å²) in [6, 6.07) is 10.9. The van der Waals surface area contributed by atoms with Gasteiger partial charge in [0.1, 0.15) is 5.75 Å². The van der Waals surface area contributed by atoms with Crippen LogP contribution in [0, 0.1) is 0 Å². The second-order valence-corrected chi connectivity index (χ2v) is 5.70. The van der Waals surface area contributed by atoms with Crippen LogP contribution in [0.4, 0.5) is 5.69 Å². The Morgan fingerprint density at radius 1 is 1.12 bits per heavy atom. The van der Waals surface area contributed by atoms with Crippen molar-refractivity contribution in [3.8, 4) is 5.75 Å². The van der Waals surface area contributed by atoms with Crippen molar-refractivity contribution in [2.24, 2.45) is 0 Å². The van der Waals surface area contributed by atoms with Crippen molar-refractivity contribution in [2.45, 2.75) is 0 Å². The van der Waals surface area contributed by atoms with Crippen LogP contribution < -0.4 is 9.64 Å². The molecule has 7 nitrogen and oxygen atoms in total. The minimum absolute atomic E-state index is 0.00806. The molecule has 0 atom stereocenters. The Morgan fingerprint density at radius 2 is 1.92 bits per heavy atom. The summed E-state index contributed by atoms with van der Waals surface area (Å²) in [7, 11) is 0. The average molecular weight is 341 g/mol. The highest BCUT2D eigenvalue weighted by molar-refractivity contribution is 5.94. The van der Waals surface area contributed by atoms with Crippen molar-refractivity contribution in [3.63, 3.8) is 0 Å². The van der Waals surface area contributed by atoms with Crippen LogP contribution in [0.25, 0.3) is 0 Å². The molecule has 0 spiro atoms. The molecule has 1 aromatic carbocycles. The third-order valence-corrected chi connectivity index (χ3v) is 4.02. The number of pyridine rings is 1. The molecule has 7 heteroatoms. The van der Waals surface area contributed by atoms with E-state index in [2.05, 4.69) is 9.88 Å². The molecular weight excluding hydrogens is 322 g/mol. The molecular formula is C18H19N3O4. The quantitative estimate of drug-likeness (QED) is 0.887. The molecule has 1 fully saturated rings. The molecule has 0 radical (unpaired) electrons. The highest BCUT2D eigenvalue weighted by Crippen LogP contribution is 2.22. The van der Waals surface area contributed by atoms with Gasteiger partial charge in [0.2, 0.25) is 0 Å². The van der Waals surface area contributed by atoms with E-state index in [0.29, 0.717) is 37.5 Å². The predicted molar refractivity (Wildman–Crippen MR) is 91.9 cm³/mol. The van der Waals surface area contributed by atoms with E-state index in [0.717, 1.165) is 5.69 Å². The zero-order valence-corrected chi connectivity index (χ0v) is 13.7. The summed E-state index contributed by atoms with van der Waals surface area (Å²) in [6.45, 7) is 2.28. The van der Waals surface area contributed by atoms with Gasteiger partial charge < -0.3 is 19.6 Å². The number of carbonyl (C=O) groups excluding carboxylic acids is 1. The molecule has 1 aromatic heterocycles. The fourth-order valence-corrected chi connectivity index (χ4v) is 2.75. The summed E-state index contributed by atoms with van der Waals surface area (Å²) in [5.41, 5.74) is 1.55. The topological polar surface area (TPSA) is 83.0 Å². The van der Waals surface area contributed by atoms with E-state index in [1.165, 1.54) is 0 Å². The number of carboxylic acid groups (broad SMARTS) is 1. The SMILES string of the molecule is O=C(O)COc1cccc(N2CCN(C(=O)c3cccnc3)CC2)c1. The van der Waals surface area contributed by atoms with Crippen LogP contribution in [-0.4, -0.2) is 59.7 Å². The highest BCUT2D eigenvalue weighted by Gasteiger charge is 2.22. The number of anilines is 1. The number of hydrogen-bond donors (Lipinski definition) is 1. The number of carboxylic acids is 1. The molecule has 2 heterocycles. The van der Waals surface area contributed by atoms with Gasteiger partial charge in [-0.3, -0.25) is 9.78 Å². The van der Waals surface area contributed by atoms with Crippen LogP contribution in [0.3, 0.4) is 0 Å². The van der Waals surface area contributed by atoms with Crippen LogP contribution in [0.2, 0.25) is 0 Å². The number of ether oxygens (including phenoxy) is 1. The van der Waals surface area contributed by atoms with Crippen LogP contribution in [0.5, 0.6) is 5.75 Å². The summed E-state index contributed by atoms with van der Waals surface area (Å²) < 4.78 is 5.22. The van der Waals surface area contributed by atoms with E-state index >= 15 is 0 Å². The second kappa shape index (κ2) is 7.65. The van der Waals surface area contributed by atoms with Gasteiger partial charge in [-0.15, -0.1) is 0 Å². The first kappa shape index (κ1) is 16.8. The van der Waals surface area contributed by atoms with E-state index in [-0.39, 0.29) is 12.5 Å². The first-order valence-electron chi connectivity index (χ1n) is 8.02. The Balaban J connectivity index is 1.60. The van der Waals surface area contributed by atoms with Gasteiger partial charge in [0.15, 0.2) is 6.61 Å². The van der Waals surface area contributed by atoms with Gasteiger partial charge in [-0.1, -0.05) is 6.07 Å². The van der Waals surface area contributed by atoms with Crippen molar-refractivity contribution < 1.29 is 19.4 Å². The predicted octanol–water partition coefficient (Wildman–Crippen LogP) is 1.51. The van der Waals surface area contributed by atoms with Gasteiger partial charge in [0.05, 0.1) is 5.56 Å². The number of piperazine rings is 1. The van der Waals surface area contributed by atoms with Gasteiger partial charge in [-0.2, -0.15) is 0 Å². The fraction of sp³-hybridized carbons (Fsp3) is 0.278. The van der Waals surface area contributed by atoms with Crippen LogP contribution in [0.15, 0.2) is 48.8 Å². The fourth-order valence-electron chi connectivity index (χ4n) is 2.75. The van der Waals surface area contributed by atoms with E-state index in [4.69, 9.17) is 9.84 Å². The van der Waals surface area contributed by atoms with Crippen LogP contribution in [0.1, 0.15) is 10.4 Å².